The number of nitrogens with one attached hydrogen (secondary N) is 1. The first kappa shape index (κ1) is 26.9. The molecule has 1 aliphatic rings. The number of hydrogen-bond donors (Lipinski definition) is 1. The third-order valence-electron chi connectivity index (χ3n) is 3.86. The first-order valence-corrected chi connectivity index (χ1v) is 11.5. The Balaban J connectivity index is 3.23. The molecule has 0 aromatic carbocycles. The highest BCUT2D eigenvalue weighted by molar-refractivity contribution is 8.21. The molecule has 32 heavy (non-hydrogen) atoms. The maximum atomic E-state index is 11.7. The van der Waals surface area contributed by atoms with Crippen molar-refractivity contribution >= 4 is 27.6 Å². The van der Waals surface area contributed by atoms with Crippen LogP contribution >= 0.6 is 10.5 Å². The van der Waals surface area contributed by atoms with Crippen molar-refractivity contribution in [3.05, 3.63) is 69.1 Å². The fourth-order valence-corrected chi connectivity index (χ4v) is 4.16. The van der Waals surface area contributed by atoms with Crippen LogP contribution in [0.1, 0.15) is 41.5 Å². The predicted octanol–water partition coefficient (Wildman–Crippen LogP) is 4.49. The molecule has 0 fully saturated rings. The third-order valence-corrected chi connectivity index (χ3v) is 5.43. The van der Waals surface area contributed by atoms with Gasteiger partial charge in [-0.3, -0.25) is 4.79 Å². The number of rotatable bonds is 11. The highest BCUT2D eigenvalue weighted by Gasteiger charge is 2.32. The SMILES string of the molecule is CCOC(=O)/C=C(C)/C=C/C=C(\C)C=CC1=C(OCC)S(=C=O)C(NC(C)=O)=C1OCC. The van der Waals surface area contributed by atoms with Gasteiger partial charge >= 0.3 is 5.97 Å². The molecule has 174 valence electrons. The molecule has 0 aromatic rings. The lowest BCUT2D eigenvalue weighted by atomic mass is 10.1. The maximum Gasteiger partial charge on any atom is 0.330 e. The molecule has 0 aromatic heterocycles. The van der Waals surface area contributed by atoms with Crippen LogP contribution in [0, 0.1) is 0 Å². The van der Waals surface area contributed by atoms with Crippen molar-refractivity contribution in [2.75, 3.05) is 19.8 Å². The summed E-state index contributed by atoms with van der Waals surface area (Å²) in [6, 6.07) is 0. The molecule has 0 bridgehead atoms. The molecule has 1 amide bonds. The van der Waals surface area contributed by atoms with E-state index in [4.69, 9.17) is 14.2 Å². The molecular formula is C24H31NO6S. The van der Waals surface area contributed by atoms with Crippen LogP contribution in [0.2, 0.25) is 0 Å². The molecule has 0 saturated heterocycles. The molecule has 1 N–H and O–H groups in total. The van der Waals surface area contributed by atoms with Crippen molar-refractivity contribution in [2.24, 2.45) is 0 Å². The standard InChI is InChI=1S/C24H31NO6S/c1-7-29-21(28)15-18(5)12-10-11-17(4)13-14-20-22(30-8-2)23(25-19(6)27)32(16-26)24(20)31-9-3/h10-15H,7-9H2,1-6H3,(H,25,27)/b12-10+,14-13?,17-11+,18-15+. The molecule has 0 radical (unpaired) electrons. The summed E-state index contributed by atoms with van der Waals surface area (Å²) in [6.07, 6.45) is 10.6. The normalized spacial score (nSPS) is 17.2. The van der Waals surface area contributed by atoms with E-state index in [2.05, 4.69) is 5.32 Å². The van der Waals surface area contributed by atoms with Crippen LogP contribution in [0.5, 0.6) is 0 Å². The van der Waals surface area contributed by atoms with Gasteiger partial charge < -0.3 is 19.5 Å². The lowest BCUT2D eigenvalue weighted by Crippen LogP contribution is -2.19. The number of esters is 1. The summed E-state index contributed by atoms with van der Waals surface area (Å²) in [4.78, 5) is 34.8. The van der Waals surface area contributed by atoms with Crippen LogP contribution in [-0.2, 0) is 28.6 Å². The summed E-state index contributed by atoms with van der Waals surface area (Å²) < 4.78 is 16.4. The lowest BCUT2D eigenvalue weighted by Gasteiger charge is -2.09. The van der Waals surface area contributed by atoms with Crippen molar-refractivity contribution in [1.82, 2.24) is 5.32 Å². The summed E-state index contributed by atoms with van der Waals surface area (Å²) in [7, 11) is -1.19. The minimum absolute atomic E-state index is 0.307. The number of amides is 1. The highest BCUT2D eigenvalue weighted by atomic mass is 32.2. The lowest BCUT2D eigenvalue weighted by molar-refractivity contribution is -0.137. The van der Waals surface area contributed by atoms with Crippen LogP contribution in [-0.4, -0.2) is 36.9 Å². The second kappa shape index (κ2) is 14.1. The second-order valence-corrected chi connectivity index (χ2v) is 8.10. The van der Waals surface area contributed by atoms with E-state index in [-0.39, 0.29) is 11.9 Å². The van der Waals surface area contributed by atoms with Crippen molar-refractivity contribution in [3.63, 3.8) is 0 Å². The van der Waals surface area contributed by atoms with E-state index in [1.54, 1.807) is 19.1 Å². The van der Waals surface area contributed by atoms with Gasteiger partial charge in [0.1, 0.15) is 5.03 Å². The number of carbonyl (C=O) groups excluding carboxylic acids is 3. The topological polar surface area (TPSA) is 90.9 Å². The molecule has 1 aliphatic heterocycles. The van der Waals surface area contributed by atoms with Crippen LogP contribution in [0.3, 0.4) is 0 Å². The number of carbonyl (C=O) groups is 2. The van der Waals surface area contributed by atoms with Crippen molar-refractivity contribution in [1.29, 1.82) is 0 Å². The van der Waals surface area contributed by atoms with Gasteiger partial charge in [-0.05, 0) is 46.3 Å². The Morgan fingerprint density at radius 2 is 1.69 bits per heavy atom. The van der Waals surface area contributed by atoms with Crippen LogP contribution in [0.4, 0.5) is 0 Å². The molecule has 1 heterocycles. The molecule has 1 atom stereocenters. The second-order valence-electron chi connectivity index (χ2n) is 6.54. The Morgan fingerprint density at radius 1 is 1.00 bits per heavy atom. The molecule has 0 saturated carbocycles. The molecular weight excluding hydrogens is 430 g/mol. The van der Waals surface area contributed by atoms with Crippen molar-refractivity contribution < 1.29 is 28.6 Å². The Hall–Kier alpha value is -3.09. The molecule has 0 aliphatic carbocycles. The zero-order valence-electron chi connectivity index (χ0n) is 19.4. The summed E-state index contributed by atoms with van der Waals surface area (Å²) in [6.45, 7) is 11.5. The molecule has 1 rings (SSSR count). The molecule has 8 heteroatoms. The smallest absolute Gasteiger partial charge is 0.330 e. The summed E-state index contributed by atoms with van der Waals surface area (Å²) in [5.41, 5.74) is 2.27. The highest BCUT2D eigenvalue weighted by Crippen LogP contribution is 2.46. The number of ether oxygens (including phenoxy) is 3. The number of allylic oxidation sites excluding steroid dienone is 7. The average molecular weight is 462 g/mol. The van der Waals surface area contributed by atoms with E-state index in [1.165, 1.54) is 13.0 Å². The van der Waals surface area contributed by atoms with Crippen LogP contribution in [0.25, 0.3) is 0 Å². The van der Waals surface area contributed by atoms with Gasteiger partial charge in [0.25, 0.3) is 0 Å². The van der Waals surface area contributed by atoms with Crippen molar-refractivity contribution in [2.45, 2.75) is 41.5 Å². The fourth-order valence-electron chi connectivity index (χ4n) is 2.60. The first-order valence-electron chi connectivity index (χ1n) is 10.3. The minimum atomic E-state index is -1.19. The van der Waals surface area contributed by atoms with Gasteiger partial charge in [-0.2, -0.15) is 0 Å². The third kappa shape index (κ3) is 8.21. The molecule has 0 spiro atoms. The van der Waals surface area contributed by atoms with E-state index in [9.17, 15) is 14.4 Å². The van der Waals surface area contributed by atoms with E-state index in [0.29, 0.717) is 41.3 Å². The van der Waals surface area contributed by atoms with E-state index >= 15 is 0 Å². The Morgan fingerprint density at radius 3 is 2.25 bits per heavy atom. The maximum absolute atomic E-state index is 11.7. The Kier molecular flexibility index (Phi) is 11.8. The van der Waals surface area contributed by atoms with Gasteiger partial charge in [0, 0.05) is 23.5 Å². The van der Waals surface area contributed by atoms with E-state index < -0.39 is 10.5 Å². The molecule has 7 nitrogen and oxygen atoms in total. The van der Waals surface area contributed by atoms with Gasteiger partial charge in [0.05, 0.1) is 25.4 Å². The van der Waals surface area contributed by atoms with Crippen LogP contribution in [0.15, 0.2) is 69.1 Å². The Labute approximate surface area is 192 Å². The van der Waals surface area contributed by atoms with Gasteiger partial charge in [0.15, 0.2) is 16.1 Å². The average Bonchev–Trinajstić information content (AvgIpc) is 2.98. The monoisotopic (exact) mass is 461 g/mol. The molecule has 1 unspecified atom stereocenters. The zero-order chi connectivity index (χ0) is 24.1. The Bertz CT molecular complexity index is 959. The predicted molar refractivity (Wildman–Crippen MR) is 127 cm³/mol. The van der Waals surface area contributed by atoms with Gasteiger partial charge in [-0.1, -0.05) is 29.9 Å². The quantitative estimate of drug-likeness (QED) is 0.211. The summed E-state index contributed by atoms with van der Waals surface area (Å²) >= 11 is 0. The van der Waals surface area contributed by atoms with Gasteiger partial charge in [-0.25, -0.2) is 9.59 Å². The van der Waals surface area contributed by atoms with E-state index in [0.717, 1.165) is 11.1 Å². The summed E-state index contributed by atoms with van der Waals surface area (Å²) in [5, 5.41) is 5.44. The van der Waals surface area contributed by atoms with Crippen LogP contribution < -0.4 is 5.32 Å². The number of hydrogen-bond acceptors (Lipinski definition) is 6. The van der Waals surface area contributed by atoms with Crippen molar-refractivity contribution in [3.8, 4) is 0 Å². The van der Waals surface area contributed by atoms with Gasteiger partial charge in [-0.15, -0.1) is 0 Å². The van der Waals surface area contributed by atoms with Gasteiger partial charge in [0.2, 0.25) is 5.91 Å². The largest absolute Gasteiger partial charge is 0.490 e. The zero-order valence-corrected chi connectivity index (χ0v) is 20.3. The van der Waals surface area contributed by atoms with E-state index in [1.807, 2.05) is 51.2 Å². The summed E-state index contributed by atoms with van der Waals surface area (Å²) in [5.74, 6) is -0.274. The fraction of sp³-hybridized carbons (Fsp3) is 0.375. The first-order chi connectivity index (χ1) is 15.3. The minimum Gasteiger partial charge on any atom is -0.490 e.